The van der Waals surface area contributed by atoms with E-state index in [1.807, 2.05) is 54.6 Å². The van der Waals surface area contributed by atoms with Gasteiger partial charge in [-0.15, -0.1) is 0 Å². The molecule has 0 aliphatic heterocycles. The van der Waals surface area contributed by atoms with Gasteiger partial charge in [0.2, 0.25) is 0 Å². The molecular formula is C25H21N5O. The molecule has 5 rings (SSSR count). The number of nitrogens with zero attached hydrogens (tertiary/aromatic N) is 3. The molecule has 0 radical (unpaired) electrons. The van der Waals surface area contributed by atoms with Gasteiger partial charge in [0.15, 0.2) is 17.3 Å². The van der Waals surface area contributed by atoms with Gasteiger partial charge >= 0.3 is 0 Å². The molecule has 2 heterocycles. The lowest BCUT2D eigenvalue weighted by Gasteiger charge is -2.35. The van der Waals surface area contributed by atoms with Crippen molar-refractivity contribution in [1.82, 2.24) is 19.9 Å². The fourth-order valence-corrected chi connectivity index (χ4v) is 4.21. The van der Waals surface area contributed by atoms with Crippen LogP contribution in [0.3, 0.4) is 0 Å². The molecule has 0 unspecified atom stereocenters. The maximum absolute atomic E-state index is 6.34. The number of aromatic nitrogens is 4. The van der Waals surface area contributed by atoms with Gasteiger partial charge in [0.1, 0.15) is 16.7 Å². The summed E-state index contributed by atoms with van der Waals surface area (Å²) in [4.78, 5) is 17.0. The van der Waals surface area contributed by atoms with E-state index in [1.165, 1.54) is 0 Å². The van der Waals surface area contributed by atoms with Gasteiger partial charge in [-0.1, -0.05) is 78.9 Å². The van der Waals surface area contributed by atoms with Crippen molar-refractivity contribution in [2.45, 2.75) is 5.41 Å². The summed E-state index contributed by atoms with van der Waals surface area (Å²) in [5.74, 6) is 1.61. The molecule has 0 aliphatic carbocycles. The second-order valence-electron chi connectivity index (χ2n) is 7.21. The van der Waals surface area contributed by atoms with Crippen LogP contribution in [-0.2, 0) is 5.41 Å². The molecule has 2 aromatic heterocycles. The molecule has 0 saturated carbocycles. The van der Waals surface area contributed by atoms with Gasteiger partial charge < -0.3 is 15.5 Å². The normalized spacial score (nSPS) is 11.5. The maximum Gasteiger partial charge on any atom is 0.163 e. The molecule has 3 N–H and O–H groups in total. The SMILES string of the molecule is COc1ccccc1C(c1ccccc1)(c1ccccc1)c1nc(N)c2nc[nH]c2n1. The number of ether oxygens (including phenoxy) is 1. The summed E-state index contributed by atoms with van der Waals surface area (Å²) in [7, 11) is 1.67. The molecular weight excluding hydrogens is 386 g/mol. The number of rotatable bonds is 5. The van der Waals surface area contributed by atoms with E-state index in [4.69, 9.17) is 20.4 Å². The first-order valence-corrected chi connectivity index (χ1v) is 9.96. The van der Waals surface area contributed by atoms with E-state index in [9.17, 15) is 0 Å². The third kappa shape index (κ3) is 2.92. The molecule has 152 valence electrons. The third-order valence-electron chi connectivity index (χ3n) is 5.57. The molecule has 0 bridgehead atoms. The molecule has 0 spiro atoms. The molecule has 3 aromatic carbocycles. The number of para-hydroxylation sites is 1. The maximum atomic E-state index is 6.34. The number of imidazole rings is 1. The highest BCUT2D eigenvalue weighted by molar-refractivity contribution is 5.81. The van der Waals surface area contributed by atoms with Crippen LogP contribution in [0.4, 0.5) is 5.82 Å². The lowest BCUT2D eigenvalue weighted by Crippen LogP contribution is -2.34. The third-order valence-corrected chi connectivity index (χ3v) is 5.57. The Hall–Kier alpha value is -4.19. The number of nitrogen functional groups attached to an aromatic ring is 1. The van der Waals surface area contributed by atoms with Crippen molar-refractivity contribution in [3.63, 3.8) is 0 Å². The first-order chi connectivity index (χ1) is 15.2. The van der Waals surface area contributed by atoms with E-state index in [-0.39, 0.29) is 0 Å². The second kappa shape index (κ2) is 7.57. The number of H-pyrrole nitrogens is 1. The van der Waals surface area contributed by atoms with Gasteiger partial charge in [-0.05, 0) is 17.2 Å². The number of nitrogens with one attached hydrogen (secondary N) is 1. The van der Waals surface area contributed by atoms with Crippen molar-refractivity contribution >= 4 is 17.0 Å². The number of methoxy groups -OCH3 is 1. The van der Waals surface area contributed by atoms with Crippen LogP contribution in [0.5, 0.6) is 5.75 Å². The quantitative estimate of drug-likeness (QED) is 0.423. The van der Waals surface area contributed by atoms with Gasteiger partial charge in [-0.25, -0.2) is 15.0 Å². The number of anilines is 1. The van der Waals surface area contributed by atoms with E-state index in [2.05, 4.69) is 40.3 Å². The minimum Gasteiger partial charge on any atom is -0.496 e. The molecule has 0 fully saturated rings. The Morgan fingerprint density at radius 2 is 1.42 bits per heavy atom. The summed E-state index contributed by atoms with van der Waals surface area (Å²) in [6, 6.07) is 28.3. The molecule has 5 aromatic rings. The predicted octanol–water partition coefficient (Wildman–Crippen LogP) is 4.33. The Balaban J connectivity index is 1.98. The van der Waals surface area contributed by atoms with Crippen LogP contribution >= 0.6 is 0 Å². The number of hydrogen-bond donors (Lipinski definition) is 2. The summed E-state index contributed by atoms with van der Waals surface area (Å²) >= 11 is 0. The van der Waals surface area contributed by atoms with Crippen molar-refractivity contribution in [2.24, 2.45) is 0 Å². The van der Waals surface area contributed by atoms with Crippen LogP contribution in [0.25, 0.3) is 11.2 Å². The molecule has 0 atom stereocenters. The molecule has 0 amide bonds. The van der Waals surface area contributed by atoms with Gasteiger partial charge in [0, 0.05) is 5.56 Å². The molecule has 0 aliphatic rings. The Morgan fingerprint density at radius 3 is 2.06 bits per heavy atom. The van der Waals surface area contributed by atoms with Crippen LogP contribution in [0.15, 0.2) is 91.3 Å². The largest absolute Gasteiger partial charge is 0.496 e. The zero-order valence-electron chi connectivity index (χ0n) is 17.0. The average Bonchev–Trinajstić information content (AvgIpc) is 3.31. The van der Waals surface area contributed by atoms with Gasteiger partial charge in [0.25, 0.3) is 0 Å². The van der Waals surface area contributed by atoms with E-state index < -0.39 is 5.41 Å². The van der Waals surface area contributed by atoms with Crippen molar-refractivity contribution in [3.05, 3.63) is 114 Å². The van der Waals surface area contributed by atoms with E-state index >= 15 is 0 Å². The minimum atomic E-state index is -0.859. The standard InChI is InChI=1S/C25H21N5O/c1-31-20-15-9-8-14-19(20)25(17-10-4-2-5-11-17,18-12-6-3-7-13-18)24-29-22(26)21-23(30-24)28-16-27-21/h2-16H,1H3,(H3,26,27,28,29,30). The van der Waals surface area contributed by atoms with Gasteiger partial charge in [-0.2, -0.15) is 0 Å². The minimum absolute atomic E-state index is 0.326. The molecule has 6 heteroatoms. The fraction of sp³-hybridized carbons (Fsp3) is 0.0800. The van der Waals surface area contributed by atoms with E-state index in [0.29, 0.717) is 22.8 Å². The van der Waals surface area contributed by atoms with Crippen molar-refractivity contribution in [3.8, 4) is 5.75 Å². The zero-order valence-corrected chi connectivity index (χ0v) is 17.0. The first kappa shape index (κ1) is 18.8. The molecule has 0 saturated heterocycles. The lowest BCUT2D eigenvalue weighted by molar-refractivity contribution is 0.404. The monoisotopic (exact) mass is 407 g/mol. The van der Waals surface area contributed by atoms with E-state index in [0.717, 1.165) is 22.4 Å². The smallest absolute Gasteiger partial charge is 0.163 e. The van der Waals surface area contributed by atoms with Crippen LogP contribution in [0.2, 0.25) is 0 Å². The summed E-state index contributed by atoms with van der Waals surface area (Å²) < 4.78 is 5.81. The highest BCUT2D eigenvalue weighted by Gasteiger charge is 2.43. The van der Waals surface area contributed by atoms with E-state index in [1.54, 1.807) is 13.4 Å². The Bertz CT molecular complexity index is 1290. The summed E-state index contributed by atoms with van der Waals surface area (Å²) in [6.45, 7) is 0. The number of aromatic amines is 1. The Kier molecular flexibility index (Phi) is 4.59. The number of nitrogens with two attached hydrogens (primary N) is 1. The van der Waals surface area contributed by atoms with Crippen molar-refractivity contribution < 1.29 is 4.74 Å². The lowest BCUT2D eigenvalue weighted by atomic mass is 9.68. The predicted molar refractivity (Wildman–Crippen MR) is 121 cm³/mol. The van der Waals surface area contributed by atoms with Crippen molar-refractivity contribution in [1.29, 1.82) is 0 Å². The zero-order chi connectivity index (χ0) is 21.3. The first-order valence-electron chi connectivity index (χ1n) is 9.96. The Morgan fingerprint density at radius 1 is 0.806 bits per heavy atom. The number of hydrogen-bond acceptors (Lipinski definition) is 5. The number of fused-ring (bicyclic) bond motifs is 1. The molecule has 6 nitrogen and oxygen atoms in total. The highest BCUT2D eigenvalue weighted by Crippen LogP contribution is 2.47. The summed E-state index contributed by atoms with van der Waals surface area (Å²) in [5.41, 5.74) is 9.56. The number of benzene rings is 3. The summed E-state index contributed by atoms with van der Waals surface area (Å²) in [5, 5.41) is 0. The highest BCUT2D eigenvalue weighted by atomic mass is 16.5. The van der Waals surface area contributed by atoms with Crippen LogP contribution in [0.1, 0.15) is 22.5 Å². The van der Waals surface area contributed by atoms with Crippen LogP contribution < -0.4 is 10.5 Å². The van der Waals surface area contributed by atoms with Gasteiger partial charge in [0.05, 0.1) is 13.4 Å². The fourth-order valence-electron chi connectivity index (χ4n) is 4.21. The topological polar surface area (TPSA) is 89.7 Å². The summed E-state index contributed by atoms with van der Waals surface area (Å²) in [6.07, 6.45) is 1.58. The Labute approximate surface area is 179 Å². The van der Waals surface area contributed by atoms with Gasteiger partial charge in [-0.3, -0.25) is 0 Å². The molecule has 31 heavy (non-hydrogen) atoms. The average molecular weight is 407 g/mol. The van der Waals surface area contributed by atoms with Crippen LogP contribution in [-0.4, -0.2) is 27.0 Å². The van der Waals surface area contributed by atoms with Crippen molar-refractivity contribution in [2.75, 3.05) is 12.8 Å². The second-order valence-corrected chi connectivity index (χ2v) is 7.21. The van der Waals surface area contributed by atoms with Crippen LogP contribution in [0, 0.1) is 0 Å².